The van der Waals surface area contributed by atoms with Crippen molar-refractivity contribution in [3.63, 3.8) is 0 Å². The highest BCUT2D eigenvalue weighted by molar-refractivity contribution is 9.10. The van der Waals surface area contributed by atoms with Gasteiger partial charge in [-0.05, 0) is 25.1 Å². The highest BCUT2D eigenvalue weighted by Gasteiger charge is 2.12. The van der Waals surface area contributed by atoms with Crippen molar-refractivity contribution in [1.29, 1.82) is 0 Å². The van der Waals surface area contributed by atoms with Gasteiger partial charge >= 0.3 is 0 Å². The van der Waals surface area contributed by atoms with Gasteiger partial charge in [-0.1, -0.05) is 15.9 Å². The number of nitrogens with two attached hydrogens (primary N) is 1. The zero-order chi connectivity index (χ0) is 11.7. The van der Waals surface area contributed by atoms with E-state index in [0.29, 0.717) is 15.9 Å². The highest BCUT2D eigenvalue weighted by Crippen LogP contribution is 2.24. The Morgan fingerprint density at radius 1 is 1.38 bits per heavy atom. The summed E-state index contributed by atoms with van der Waals surface area (Å²) in [5.74, 6) is 0.216. The average molecular weight is 286 g/mol. The fraction of sp³-hybridized carbons (Fsp3) is 0.200. The molecule has 6 heteroatoms. The van der Waals surface area contributed by atoms with Crippen molar-refractivity contribution in [2.45, 2.75) is 13.0 Å². The Labute approximate surface area is 99.8 Å². The topological polar surface area (TPSA) is 64.9 Å². The van der Waals surface area contributed by atoms with Crippen LogP contribution in [0.4, 0.5) is 4.39 Å². The molecule has 1 atom stereocenters. The molecule has 0 bridgehead atoms. The number of rotatable bonds is 2. The van der Waals surface area contributed by atoms with Crippen LogP contribution in [0.5, 0.6) is 0 Å². The summed E-state index contributed by atoms with van der Waals surface area (Å²) >= 11 is 3.19. The third-order valence-electron chi connectivity index (χ3n) is 1.94. The third kappa shape index (κ3) is 2.28. The molecule has 0 amide bonds. The third-order valence-corrected chi connectivity index (χ3v) is 2.40. The molecule has 0 aliphatic heterocycles. The Morgan fingerprint density at radius 2 is 2.12 bits per heavy atom. The Morgan fingerprint density at radius 3 is 2.69 bits per heavy atom. The first-order valence-corrected chi connectivity index (χ1v) is 5.41. The van der Waals surface area contributed by atoms with Crippen LogP contribution in [0, 0.1) is 5.82 Å². The van der Waals surface area contributed by atoms with Gasteiger partial charge < -0.3 is 10.2 Å². The number of hydrogen-bond donors (Lipinski definition) is 1. The Hall–Kier alpha value is -1.27. The summed E-state index contributed by atoms with van der Waals surface area (Å²) in [5, 5.41) is 7.58. The Bertz CT molecular complexity index is 492. The second-order valence-electron chi connectivity index (χ2n) is 3.39. The van der Waals surface area contributed by atoms with Crippen LogP contribution in [0.1, 0.15) is 18.9 Å². The molecule has 1 unspecified atom stereocenters. The fourth-order valence-electron chi connectivity index (χ4n) is 1.21. The molecule has 0 aliphatic rings. The standard InChI is InChI=1S/C10H9BrFN3O/c1-5(13)9-14-15-10(16-9)6-2-7(11)4-8(12)3-6/h2-5H,13H2,1H3. The van der Waals surface area contributed by atoms with E-state index in [1.54, 1.807) is 13.0 Å². The van der Waals surface area contributed by atoms with Crippen LogP contribution in [-0.2, 0) is 0 Å². The van der Waals surface area contributed by atoms with Gasteiger partial charge in [0.2, 0.25) is 11.8 Å². The summed E-state index contributed by atoms with van der Waals surface area (Å²) in [6.45, 7) is 1.73. The molecule has 16 heavy (non-hydrogen) atoms. The molecule has 0 fully saturated rings. The molecular weight excluding hydrogens is 277 g/mol. The summed E-state index contributed by atoms with van der Waals surface area (Å²) in [6.07, 6.45) is 0. The maximum Gasteiger partial charge on any atom is 0.247 e. The molecule has 0 spiro atoms. The van der Waals surface area contributed by atoms with Gasteiger partial charge in [-0.2, -0.15) is 0 Å². The number of hydrogen-bond acceptors (Lipinski definition) is 4. The van der Waals surface area contributed by atoms with E-state index in [9.17, 15) is 4.39 Å². The van der Waals surface area contributed by atoms with Gasteiger partial charge in [-0.3, -0.25) is 0 Å². The molecule has 2 N–H and O–H groups in total. The van der Waals surface area contributed by atoms with Gasteiger partial charge in [-0.25, -0.2) is 4.39 Å². The minimum absolute atomic E-state index is 0.257. The van der Waals surface area contributed by atoms with Crippen molar-refractivity contribution < 1.29 is 8.81 Å². The molecule has 2 aromatic rings. The van der Waals surface area contributed by atoms with Gasteiger partial charge in [0.1, 0.15) is 5.82 Å². The van der Waals surface area contributed by atoms with E-state index in [4.69, 9.17) is 10.2 Å². The molecular formula is C10H9BrFN3O. The first-order valence-electron chi connectivity index (χ1n) is 4.61. The molecule has 0 saturated heterocycles. The largest absolute Gasteiger partial charge is 0.419 e. The minimum Gasteiger partial charge on any atom is -0.419 e. The van der Waals surface area contributed by atoms with Crippen LogP contribution in [-0.4, -0.2) is 10.2 Å². The summed E-state index contributed by atoms with van der Waals surface area (Å²) in [7, 11) is 0. The van der Waals surface area contributed by atoms with Gasteiger partial charge in [0, 0.05) is 10.0 Å². The molecule has 2 rings (SSSR count). The van der Waals surface area contributed by atoms with Crippen LogP contribution in [0.2, 0.25) is 0 Å². The quantitative estimate of drug-likeness (QED) is 0.921. The van der Waals surface area contributed by atoms with E-state index < -0.39 is 0 Å². The first-order chi connectivity index (χ1) is 7.56. The fourth-order valence-corrected chi connectivity index (χ4v) is 1.68. The Balaban J connectivity index is 2.42. The van der Waals surface area contributed by atoms with Crippen LogP contribution >= 0.6 is 15.9 Å². The lowest BCUT2D eigenvalue weighted by Crippen LogP contribution is -2.04. The molecule has 84 valence electrons. The van der Waals surface area contributed by atoms with E-state index in [1.165, 1.54) is 12.1 Å². The lowest BCUT2D eigenvalue weighted by molar-refractivity contribution is 0.473. The van der Waals surface area contributed by atoms with E-state index in [-0.39, 0.29) is 17.7 Å². The molecule has 0 aliphatic carbocycles. The summed E-state index contributed by atoms with van der Waals surface area (Å²) in [6, 6.07) is 4.04. The maximum absolute atomic E-state index is 13.1. The summed E-state index contributed by atoms with van der Waals surface area (Å²) < 4.78 is 19.1. The molecule has 1 aromatic carbocycles. The molecule has 1 heterocycles. The zero-order valence-electron chi connectivity index (χ0n) is 8.45. The number of benzene rings is 1. The van der Waals surface area contributed by atoms with E-state index >= 15 is 0 Å². The number of halogens is 2. The van der Waals surface area contributed by atoms with E-state index in [1.807, 2.05) is 0 Å². The molecule has 1 aromatic heterocycles. The van der Waals surface area contributed by atoms with Gasteiger partial charge in [0.25, 0.3) is 0 Å². The van der Waals surface area contributed by atoms with Gasteiger partial charge in [-0.15, -0.1) is 10.2 Å². The van der Waals surface area contributed by atoms with Crippen molar-refractivity contribution in [1.82, 2.24) is 10.2 Å². The minimum atomic E-state index is -0.370. The van der Waals surface area contributed by atoms with E-state index in [2.05, 4.69) is 26.1 Å². The van der Waals surface area contributed by atoms with Crippen LogP contribution in [0.3, 0.4) is 0 Å². The maximum atomic E-state index is 13.1. The van der Waals surface area contributed by atoms with Crippen molar-refractivity contribution in [3.05, 3.63) is 34.4 Å². The van der Waals surface area contributed by atoms with Crippen molar-refractivity contribution in [2.75, 3.05) is 0 Å². The number of nitrogens with zero attached hydrogens (tertiary/aromatic N) is 2. The molecule has 0 saturated carbocycles. The zero-order valence-corrected chi connectivity index (χ0v) is 10.0. The molecule has 4 nitrogen and oxygen atoms in total. The Kier molecular flexibility index (Phi) is 3.02. The van der Waals surface area contributed by atoms with Crippen molar-refractivity contribution in [2.24, 2.45) is 5.73 Å². The first kappa shape index (κ1) is 11.2. The van der Waals surface area contributed by atoms with Crippen molar-refractivity contribution >= 4 is 15.9 Å². The smallest absolute Gasteiger partial charge is 0.247 e. The van der Waals surface area contributed by atoms with Crippen LogP contribution < -0.4 is 5.73 Å². The number of aromatic nitrogens is 2. The van der Waals surface area contributed by atoms with E-state index in [0.717, 1.165) is 0 Å². The predicted molar refractivity (Wildman–Crippen MR) is 60.0 cm³/mol. The van der Waals surface area contributed by atoms with Crippen LogP contribution in [0.15, 0.2) is 27.1 Å². The molecule has 0 radical (unpaired) electrons. The predicted octanol–water partition coefficient (Wildman–Crippen LogP) is 2.66. The van der Waals surface area contributed by atoms with Crippen molar-refractivity contribution in [3.8, 4) is 11.5 Å². The lowest BCUT2D eigenvalue weighted by atomic mass is 10.2. The van der Waals surface area contributed by atoms with Crippen LogP contribution in [0.25, 0.3) is 11.5 Å². The second kappa shape index (κ2) is 4.31. The average Bonchev–Trinajstić information content (AvgIpc) is 2.64. The lowest BCUT2D eigenvalue weighted by Gasteiger charge is -1.98. The monoisotopic (exact) mass is 285 g/mol. The SMILES string of the molecule is CC(N)c1nnc(-c2cc(F)cc(Br)c2)o1. The summed E-state index contributed by atoms with van der Waals surface area (Å²) in [4.78, 5) is 0. The van der Waals surface area contributed by atoms with Gasteiger partial charge in [0.15, 0.2) is 0 Å². The normalized spacial score (nSPS) is 12.8. The second-order valence-corrected chi connectivity index (χ2v) is 4.31. The summed E-state index contributed by atoms with van der Waals surface area (Å²) in [5.41, 5.74) is 6.11. The van der Waals surface area contributed by atoms with Gasteiger partial charge in [0.05, 0.1) is 6.04 Å². The highest BCUT2D eigenvalue weighted by atomic mass is 79.9.